The van der Waals surface area contributed by atoms with E-state index in [4.69, 9.17) is 9.15 Å². The van der Waals surface area contributed by atoms with Gasteiger partial charge in [-0.2, -0.15) is 0 Å². The van der Waals surface area contributed by atoms with Crippen LogP contribution in [0.4, 0.5) is 4.79 Å². The number of rotatable bonds is 5. The monoisotopic (exact) mass is 354 g/mol. The fourth-order valence-electron chi connectivity index (χ4n) is 3.32. The van der Waals surface area contributed by atoms with Crippen LogP contribution in [0.25, 0.3) is 0 Å². The topological polar surface area (TPSA) is 71.8 Å². The summed E-state index contributed by atoms with van der Waals surface area (Å²) in [6, 6.07) is 3.54. The molecule has 2 heterocycles. The van der Waals surface area contributed by atoms with Crippen LogP contribution in [0.1, 0.15) is 43.7 Å². The predicted molar refractivity (Wildman–Crippen MR) is 92.4 cm³/mol. The van der Waals surface area contributed by atoms with Gasteiger partial charge in [0.25, 0.3) is 0 Å². The number of hydrogen-bond donors (Lipinski definition) is 1. The third-order valence-electron chi connectivity index (χ3n) is 5.19. The largest absolute Gasteiger partial charge is 0.464 e. The van der Waals surface area contributed by atoms with Crippen LogP contribution in [0.15, 0.2) is 16.5 Å². The smallest absolute Gasteiger partial charge is 0.318 e. The Hall–Kier alpha value is -1.34. The molecule has 0 bridgehead atoms. The first kappa shape index (κ1) is 17.5. The molecule has 1 aromatic rings. The summed E-state index contributed by atoms with van der Waals surface area (Å²) < 4.78 is 23.1. The van der Waals surface area contributed by atoms with E-state index in [2.05, 4.69) is 5.32 Å². The van der Waals surface area contributed by atoms with Crippen LogP contribution >= 0.6 is 0 Å². The molecule has 1 aliphatic heterocycles. The van der Waals surface area contributed by atoms with Crippen LogP contribution in [-0.4, -0.2) is 52.4 Å². The van der Waals surface area contributed by atoms with E-state index in [1.807, 2.05) is 19.1 Å². The Morgan fingerprint density at radius 1 is 1.46 bits per heavy atom. The molecule has 2 fully saturated rings. The van der Waals surface area contributed by atoms with Crippen molar-refractivity contribution in [1.29, 1.82) is 0 Å². The van der Waals surface area contributed by atoms with Crippen molar-refractivity contribution in [2.75, 3.05) is 32.6 Å². The maximum absolute atomic E-state index is 12.7. The van der Waals surface area contributed by atoms with Crippen molar-refractivity contribution in [3.8, 4) is 0 Å². The van der Waals surface area contributed by atoms with E-state index in [0.717, 1.165) is 37.2 Å². The van der Waals surface area contributed by atoms with Gasteiger partial charge in [-0.05, 0) is 25.0 Å². The number of morpholine rings is 1. The fourth-order valence-corrected chi connectivity index (χ4v) is 4.46. The summed E-state index contributed by atoms with van der Waals surface area (Å²) in [4.78, 5) is 14.5. The Kier molecular flexibility index (Phi) is 5.30. The maximum Gasteiger partial charge on any atom is 0.318 e. The molecule has 2 aliphatic rings. The first-order valence-corrected chi connectivity index (χ1v) is 10.2. The third kappa shape index (κ3) is 3.37. The van der Waals surface area contributed by atoms with Crippen molar-refractivity contribution < 1.29 is 18.2 Å². The van der Waals surface area contributed by atoms with E-state index in [-0.39, 0.29) is 16.8 Å². The van der Waals surface area contributed by atoms with Crippen LogP contribution in [0.3, 0.4) is 0 Å². The first-order valence-electron chi connectivity index (χ1n) is 8.60. The molecule has 1 N–H and O–H groups in total. The lowest BCUT2D eigenvalue weighted by atomic mass is 9.84. The summed E-state index contributed by atoms with van der Waals surface area (Å²) in [7, 11) is -0.923. The van der Waals surface area contributed by atoms with E-state index in [9.17, 15) is 9.00 Å². The van der Waals surface area contributed by atoms with Gasteiger partial charge in [-0.15, -0.1) is 0 Å². The fraction of sp³-hybridized carbons (Fsp3) is 0.706. The Balaban J connectivity index is 1.66. The van der Waals surface area contributed by atoms with Gasteiger partial charge < -0.3 is 19.4 Å². The van der Waals surface area contributed by atoms with Crippen LogP contribution in [0, 0.1) is 0 Å². The molecule has 3 rings (SSSR count). The molecule has 0 aromatic carbocycles. The van der Waals surface area contributed by atoms with Gasteiger partial charge in [0.05, 0.1) is 18.0 Å². The summed E-state index contributed by atoms with van der Waals surface area (Å²) >= 11 is 0. The number of nitrogens with zero attached hydrogens (tertiary/aromatic N) is 1. The molecule has 7 heteroatoms. The second-order valence-corrected chi connectivity index (χ2v) is 8.37. The Bertz CT molecular complexity index is 611. The van der Waals surface area contributed by atoms with E-state index in [0.29, 0.717) is 26.3 Å². The molecule has 2 amide bonds. The van der Waals surface area contributed by atoms with Crippen molar-refractivity contribution >= 4 is 16.8 Å². The lowest BCUT2D eigenvalue weighted by molar-refractivity contribution is 0.00377. The average Bonchev–Trinajstić information content (AvgIpc) is 3.02. The zero-order chi connectivity index (χ0) is 17.2. The van der Waals surface area contributed by atoms with Crippen LogP contribution in [-0.2, 0) is 22.0 Å². The molecule has 1 saturated carbocycles. The standard InChI is InChI=1S/C17H26N2O4S/c1-3-13-5-6-15(23-13)14-11-22-10-9-19(14)16(20)18-12-17(24(2)21)7-4-8-17/h5-6,14H,3-4,7-12H2,1-2H3,(H,18,20). The lowest BCUT2D eigenvalue weighted by Crippen LogP contribution is -2.55. The van der Waals surface area contributed by atoms with E-state index < -0.39 is 10.8 Å². The number of furan rings is 1. The maximum atomic E-state index is 12.7. The van der Waals surface area contributed by atoms with Gasteiger partial charge in [0, 0.05) is 36.6 Å². The number of ether oxygens (including phenoxy) is 1. The van der Waals surface area contributed by atoms with Gasteiger partial charge in [0.2, 0.25) is 0 Å². The van der Waals surface area contributed by atoms with Gasteiger partial charge in [-0.25, -0.2) is 4.79 Å². The second kappa shape index (κ2) is 7.27. The van der Waals surface area contributed by atoms with E-state index in [1.54, 1.807) is 11.2 Å². The number of nitrogens with one attached hydrogen (secondary N) is 1. The van der Waals surface area contributed by atoms with Crippen molar-refractivity contribution in [2.24, 2.45) is 0 Å². The van der Waals surface area contributed by atoms with E-state index in [1.165, 1.54) is 0 Å². The lowest BCUT2D eigenvalue weighted by Gasteiger charge is -2.41. The first-order chi connectivity index (χ1) is 11.6. The molecule has 0 radical (unpaired) electrons. The SMILES string of the molecule is CCc1ccc(C2COCCN2C(=O)NCC2(S(C)=O)CCC2)o1. The molecule has 0 spiro atoms. The minimum Gasteiger partial charge on any atom is -0.464 e. The highest BCUT2D eigenvalue weighted by Gasteiger charge is 2.42. The molecule has 2 unspecified atom stereocenters. The molecule has 1 aliphatic carbocycles. The minimum atomic E-state index is -0.923. The second-order valence-electron chi connectivity index (χ2n) is 6.59. The molecule has 1 aromatic heterocycles. The molecule has 2 atom stereocenters. The minimum absolute atomic E-state index is 0.130. The third-order valence-corrected chi connectivity index (χ3v) is 6.96. The van der Waals surface area contributed by atoms with Gasteiger partial charge in [0.1, 0.15) is 17.6 Å². The highest BCUT2D eigenvalue weighted by molar-refractivity contribution is 7.85. The Labute approximate surface area is 145 Å². The normalized spacial score (nSPS) is 24.2. The van der Waals surface area contributed by atoms with Gasteiger partial charge in [-0.3, -0.25) is 4.21 Å². The predicted octanol–water partition coefficient (Wildman–Crippen LogP) is 2.23. The molecule has 24 heavy (non-hydrogen) atoms. The Morgan fingerprint density at radius 2 is 2.25 bits per heavy atom. The number of carbonyl (C=O) groups excluding carboxylic acids is 1. The number of urea groups is 1. The number of hydrogen-bond acceptors (Lipinski definition) is 4. The highest BCUT2D eigenvalue weighted by Crippen LogP contribution is 2.36. The van der Waals surface area contributed by atoms with Gasteiger partial charge >= 0.3 is 6.03 Å². The zero-order valence-electron chi connectivity index (χ0n) is 14.4. The molecule has 134 valence electrons. The van der Waals surface area contributed by atoms with Crippen LogP contribution < -0.4 is 5.32 Å². The zero-order valence-corrected chi connectivity index (χ0v) is 15.2. The number of amides is 2. The summed E-state index contributed by atoms with van der Waals surface area (Å²) in [5.41, 5.74) is 0. The number of carbonyl (C=O) groups is 1. The average molecular weight is 354 g/mol. The van der Waals surface area contributed by atoms with Crippen molar-refractivity contribution in [2.45, 2.75) is 43.4 Å². The molecule has 6 nitrogen and oxygen atoms in total. The van der Waals surface area contributed by atoms with Crippen LogP contribution in [0.5, 0.6) is 0 Å². The summed E-state index contributed by atoms with van der Waals surface area (Å²) in [6.07, 6.45) is 5.48. The van der Waals surface area contributed by atoms with Crippen LogP contribution in [0.2, 0.25) is 0 Å². The summed E-state index contributed by atoms with van der Waals surface area (Å²) in [5, 5.41) is 2.99. The van der Waals surface area contributed by atoms with Crippen molar-refractivity contribution in [1.82, 2.24) is 10.2 Å². The van der Waals surface area contributed by atoms with Crippen molar-refractivity contribution in [3.05, 3.63) is 23.7 Å². The Morgan fingerprint density at radius 3 is 2.83 bits per heavy atom. The molecular weight excluding hydrogens is 328 g/mol. The van der Waals surface area contributed by atoms with Crippen molar-refractivity contribution in [3.63, 3.8) is 0 Å². The van der Waals surface area contributed by atoms with E-state index >= 15 is 0 Å². The summed E-state index contributed by atoms with van der Waals surface area (Å²) in [6.45, 7) is 4.00. The van der Waals surface area contributed by atoms with Gasteiger partial charge in [0.15, 0.2) is 0 Å². The molecule has 1 saturated heterocycles. The molecular formula is C17H26N2O4S. The highest BCUT2D eigenvalue weighted by atomic mass is 32.2. The summed E-state index contributed by atoms with van der Waals surface area (Å²) in [5.74, 6) is 1.67. The quantitative estimate of drug-likeness (QED) is 0.880. The number of aryl methyl sites for hydroxylation is 1. The van der Waals surface area contributed by atoms with Gasteiger partial charge in [-0.1, -0.05) is 13.3 Å².